The first kappa shape index (κ1) is 17.5. The second-order valence-corrected chi connectivity index (χ2v) is 7.56. The van der Waals surface area contributed by atoms with Crippen LogP contribution in [-0.2, 0) is 15.1 Å². The molecule has 2 aromatic rings. The van der Waals surface area contributed by atoms with Crippen molar-refractivity contribution in [2.45, 2.75) is 30.3 Å². The van der Waals surface area contributed by atoms with Crippen molar-refractivity contribution in [1.82, 2.24) is 14.9 Å². The Kier molecular flexibility index (Phi) is 4.25. The summed E-state index contributed by atoms with van der Waals surface area (Å²) < 4.78 is 20.7. The number of aliphatic hydroxyl groups excluding tert-OH is 1. The molecule has 2 N–H and O–H groups in total. The lowest BCUT2D eigenvalue weighted by Crippen LogP contribution is -2.78. The molecular formula is C18H19ClFN3O3. The third-order valence-electron chi connectivity index (χ3n) is 5.22. The van der Waals surface area contributed by atoms with Crippen LogP contribution in [0.4, 0.5) is 4.39 Å². The van der Waals surface area contributed by atoms with Gasteiger partial charge >= 0.3 is 0 Å². The first-order valence-corrected chi connectivity index (χ1v) is 8.83. The Morgan fingerprint density at radius 1 is 1.42 bits per heavy atom. The summed E-state index contributed by atoms with van der Waals surface area (Å²) in [6.07, 6.45) is 6.21. The van der Waals surface area contributed by atoms with E-state index in [2.05, 4.69) is 14.9 Å². The predicted octanol–water partition coefficient (Wildman–Crippen LogP) is 2.10. The van der Waals surface area contributed by atoms with Gasteiger partial charge in [0.2, 0.25) is 5.91 Å². The van der Waals surface area contributed by atoms with Gasteiger partial charge in [0.15, 0.2) is 0 Å². The minimum absolute atomic E-state index is 0.0184. The number of aromatic nitrogens is 2. The number of ether oxygens (including phenoxy) is 1. The molecule has 0 radical (unpaired) electrons. The maximum atomic E-state index is 13.6. The number of carbonyl (C=O) groups is 1. The molecule has 8 heteroatoms. The summed E-state index contributed by atoms with van der Waals surface area (Å²) in [6, 6.07) is 4.65. The zero-order valence-corrected chi connectivity index (χ0v) is 14.8. The highest BCUT2D eigenvalue weighted by Gasteiger charge is 2.69. The first-order valence-electron chi connectivity index (χ1n) is 8.45. The van der Waals surface area contributed by atoms with Crippen LogP contribution in [0.2, 0.25) is 5.02 Å². The van der Waals surface area contributed by atoms with E-state index in [9.17, 15) is 9.18 Å². The van der Waals surface area contributed by atoms with Gasteiger partial charge in [0.25, 0.3) is 0 Å². The molecule has 138 valence electrons. The van der Waals surface area contributed by atoms with Gasteiger partial charge in [-0.2, -0.15) is 0 Å². The molecule has 5 rings (SSSR count). The van der Waals surface area contributed by atoms with E-state index in [-0.39, 0.29) is 41.8 Å². The van der Waals surface area contributed by atoms with Gasteiger partial charge in [-0.05, 0) is 31.4 Å². The number of carbonyl (C=O) groups excluding carboxylic acids is 1. The number of nitrogens with one attached hydrogen (secondary N) is 1. The Morgan fingerprint density at radius 2 is 2.19 bits per heavy atom. The fourth-order valence-corrected chi connectivity index (χ4v) is 4.21. The van der Waals surface area contributed by atoms with Gasteiger partial charge in [-0.3, -0.25) is 4.79 Å². The minimum atomic E-state index is -0.464. The monoisotopic (exact) mass is 379 g/mol. The van der Waals surface area contributed by atoms with Crippen molar-refractivity contribution >= 4 is 17.5 Å². The minimum Gasteiger partial charge on any atom is -0.394 e. The van der Waals surface area contributed by atoms with E-state index >= 15 is 0 Å². The maximum absolute atomic E-state index is 13.6. The largest absolute Gasteiger partial charge is 0.394 e. The molecule has 2 bridgehead atoms. The highest BCUT2D eigenvalue weighted by Crippen LogP contribution is 2.65. The third-order valence-corrected chi connectivity index (χ3v) is 5.53. The summed E-state index contributed by atoms with van der Waals surface area (Å²) in [5.74, 6) is -0.621. The average molecular weight is 380 g/mol. The molecule has 3 fully saturated rings. The van der Waals surface area contributed by atoms with Gasteiger partial charge in [0.05, 0.1) is 35.8 Å². The van der Waals surface area contributed by atoms with Gasteiger partial charge in [0, 0.05) is 17.3 Å². The molecular weight excluding hydrogens is 361 g/mol. The topological polar surface area (TPSA) is 76.4 Å². The van der Waals surface area contributed by atoms with E-state index < -0.39 is 5.82 Å². The Hall–Kier alpha value is -1.96. The number of amides is 1. The van der Waals surface area contributed by atoms with Gasteiger partial charge in [-0.1, -0.05) is 17.7 Å². The second kappa shape index (κ2) is 6.33. The summed E-state index contributed by atoms with van der Waals surface area (Å²) in [4.78, 5) is 16.2. The number of benzene rings is 1. The zero-order valence-electron chi connectivity index (χ0n) is 14.0. The van der Waals surface area contributed by atoms with Gasteiger partial charge in [-0.15, -0.1) is 0 Å². The summed E-state index contributed by atoms with van der Waals surface area (Å²) >= 11 is 5.72. The van der Waals surface area contributed by atoms with Crippen molar-refractivity contribution < 1.29 is 19.0 Å². The van der Waals surface area contributed by atoms with Crippen molar-refractivity contribution in [2.24, 2.45) is 0 Å². The zero-order chi connectivity index (χ0) is 18.4. The predicted molar refractivity (Wildman–Crippen MR) is 93.2 cm³/mol. The highest BCUT2D eigenvalue weighted by molar-refractivity contribution is 6.30. The quantitative estimate of drug-likeness (QED) is 0.722. The van der Waals surface area contributed by atoms with Crippen molar-refractivity contribution in [1.29, 1.82) is 0 Å². The van der Waals surface area contributed by atoms with E-state index in [0.29, 0.717) is 11.3 Å². The number of hydrogen-bond donors (Lipinski definition) is 2. The van der Waals surface area contributed by atoms with Crippen molar-refractivity contribution in [2.75, 3.05) is 19.8 Å². The lowest BCUT2D eigenvalue weighted by molar-refractivity contribution is -0.158. The second-order valence-electron chi connectivity index (χ2n) is 7.15. The van der Waals surface area contributed by atoms with Crippen LogP contribution in [0.25, 0.3) is 11.3 Å². The molecule has 26 heavy (non-hydrogen) atoms. The Labute approximate surface area is 154 Å². The number of hydrogen-bond acceptors (Lipinski definition) is 4. The van der Waals surface area contributed by atoms with E-state index in [1.807, 2.05) is 6.20 Å². The SMILES string of the molecule is O=C(COCCO)NC12CC(n3cnc(-c4ccc(Cl)c(F)c4)c3)(C1)C2. The molecule has 1 amide bonds. The van der Waals surface area contributed by atoms with E-state index in [4.69, 9.17) is 21.4 Å². The normalized spacial score (nSPS) is 26.1. The van der Waals surface area contributed by atoms with Crippen LogP contribution < -0.4 is 5.32 Å². The highest BCUT2D eigenvalue weighted by atomic mass is 35.5. The van der Waals surface area contributed by atoms with Gasteiger partial charge < -0.3 is 19.7 Å². The van der Waals surface area contributed by atoms with E-state index in [1.54, 1.807) is 12.4 Å². The smallest absolute Gasteiger partial charge is 0.246 e. The number of halogens is 2. The standard InChI is InChI=1S/C18H19ClFN3O3/c19-13-2-1-12(5-14(13)20)15-6-23(11-21-15)18-8-17(9-18,10-18)22-16(25)7-26-4-3-24/h1-2,5-6,11,24H,3-4,7-10H2,(H,22,25). The fraction of sp³-hybridized carbons (Fsp3) is 0.444. The Balaban J connectivity index is 1.37. The molecule has 1 heterocycles. The lowest BCUT2D eigenvalue weighted by atomic mass is 9.44. The molecule has 0 spiro atoms. The molecule has 3 aliphatic rings. The molecule has 0 saturated heterocycles. The van der Waals surface area contributed by atoms with E-state index in [1.165, 1.54) is 12.1 Å². The molecule has 3 aliphatic carbocycles. The van der Waals surface area contributed by atoms with E-state index in [0.717, 1.165) is 19.3 Å². The summed E-state index contributed by atoms with van der Waals surface area (Å²) in [5.41, 5.74) is 1.20. The van der Waals surface area contributed by atoms with Gasteiger partial charge in [0.1, 0.15) is 12.4 Å². The number of rotatable bonds is 7. The van der Waals surface area contributed by atoms with Gasteiger partial charge in [-0.25, -0.2) is 9.37 Å². The number of aliphatic hydroxyl groups is 1. The number of imidazole rings is 1. The first-order chi connectivity index (χ1) is 12.5. The van der Waals surface area contributed by atoms with Crippen LogP contribution in [0.3, 0.4) is 0 Å². The molecule has 1 aromatic carbocycles. The summed E-state index contributed by atoms with van der Waals surface area (Å²) in [5, 5.41) is 11.8. The molecule has 6 nitrogen and oxygen atoms in total. The Morgan fingerprint density at radius 3 is 2.88 bits per heavy atom. The van der Waals surface area contributed by atoms with Crippen molar-refractivity contribution in [3.8, 4) is 11.3 Å². The molecule has 3 saturated carbocycles. The van der Waals surface area contributed by atoms with Crippen LogP contribution >= 0.6 is 11.6 Å². The maximum Gasteiger partial charge on any atom is 0.246 e. The van der Waals surface area contributed by atoms with Crippen LogP contribution in [-0.4, -0.2) is 45.9 Å². The van der Waals surface area contributed by atoms with Crippen molar-refractivity contribution in [3.05, 3.63) is 41.6 Å². The van der Waals surface area contributed by atoms with Crippen LogP contribution in [0, 0.1) is 5.82 Å². The third kappa shape index (κ3) is 2.90. The van der Waals surface area contributed by atoms with Crippen LogP contribution in [0.15, 0.2) is 30.7 Å². The van der Waals surface area contributed by atoms with Crippen molar-refractivity contribution in [3.63, 3.8) is 0 Å². The summed E-state index contributed by atoms with van der Waals surface area (Å²) in [7, 11) is 0. The van der Waals surface area contributed by atoms with Crippen LogP contribution in [0.1, 0.15) is 19.3 Å². The molecule has 0 aliphatic heterocycles. The van der Waals surface area contributed by atoms with Crippen LogP contribution in [0.5, 0.6) is 0 Å². The average Bonchev–Trinajstić information content (AvgIpc) is 3.02. The number of nitrogens with zero attached hydrogens (tertiary/aromatic N) is 2. The lowest BCUT2D eigenvalue weighted by Gasteiger charge is -2.70. The fourth-order valence-electron chi connectivity index (χ4n) is 4.09. The summed E-state index contributed by atoms with van der Waals surface area (Å²) in [6.45, 7) is 0.0299. The molecule has 0 atom stereocenters. The Bertz CT molecular complexity index is 834. The molecule has 1 aromatic heterocycles. The molecule has 0 unspecified atom stereocenters.